The second-order valence-corrected chi connectivity index (χ2v) is 8.08. The fourth-order valence-electron chi connectivity index (χ4n) is 4.44. The van der Waals surface area contributed by atoms with Crippen molar-refractivity contribution < 1.29 is 4.74 Å². The SMILES string of the molecule is CC(C)(C)CC1OCC2NC3(CCCC3)CCC21. The predicted molar refractivity (Wildman–Crippen MR) is 74.7 cm³/mol. The molecule has 3 unspecified atom stereocenters. The van der Waals surface area contributed by atoms with Gasteiger partial charge in [0, 0.05) is 17.5 Å². The summed E-state index contributed by atoms with van der Waals surface area (Å²) in [6.45, 7) is 7.95. The second kappa shape index (κ2) is 4.49. The molecule has 3 atom stereocenters. The van der Waals surface area contributed by atoms with Crippen LogP contribution in [0.4, 0.5) is 0 Å². The third kappa shape index (κ3) is 2.46. The summed E-state index contributed by atoms with van der Waals surface area (Å²) in [6, 6.07) is 0.643. The van der Waals surface area contributed by atoms with Crippen LogP contribution < -0.4 is 5.32 Å². The summed E-state index contributed by atoms with van der Waals surface area (Å²) in [6.07, 6.45) is 10.1. The van der Waals surface area contributed by atoms with Gasteiger partial charge >= 0.3 is 0 Å². The van der Waals surface area contributed by atoms with Crippen LogP contribution in [0.1, 0.15) is 65.7 Å². The molecule has 0 amide bonds. The van der Waals surface area contributed by atoms with Gasteiger partial charge in [0.25, 0.3) is 0 Å². The summed E-state index contributed by atoms with van der Waals surface area (Å²) in [4.78, 5) is 0. The summed E-state index contributed by atoms with van der Waals surface area (Å²) in [5.74, 6) is 0.774. The Labute approximate surface area is 112 Å². The van der Waals surface area contributed by atoms with Crippen LogP contribution in [0.2, 0.25) is 0 Å². The van der Waals surface area contributed by atoms with Crippen molar-refractivity contribution in [2.75, 3.05) is 6.61 Å². The first-order valence-corrected chi connectivity index (χ1v) is 7.87. The van der Waals surface area contributed by atoms with E-state index >= 15 is 0 Å². The lowest BCUT2D eigenvalue weighted by Gasteiger charge is -2.42. The third-order valence-electron chi connectivity index (χ3n) is 5.31. The highest BCUT2D eigenvalue weighted by molar-refractivity contribution is 5.04. The van der Waals surface area contributed by atoms with E-state index in [0.717, 1.165) is 12.5 Å². The van der Waals surface area contributed by atoms with Gasteiger partial charge in [-0.2, -0.15) is 0 Å². The molecule has 1 N–H and O–H groups in total. The van der Waals surface area contributed by atoms with Crippen LogP contribution in [0.15, 0.2) is 0 Å². The molecule has 104 valence electrons. The van der Waals surface area contributed by atoms with E-state index in [1.54, 1.807) is 0 Å². The molecule has 0 bridgehead atoms. The molecule has 0 radical (unpaired) electrons. The molecule has 2 heterocycles. The third-order valence-corrected chi connectivity index (χ3v) is 5.31. The Kier molecular flexibility index (Phi) is 3.22. The van der Waals surface area contributed by atoms with Gasteiger partial charge in [0.2, 0.25) is 0 Å². The molecular weight excluding hydrogens is 222 g/mol. The number of hydrogen-bond donors (Lipinski definition) is 1. The first kappa shape index (κ1) is 12.9. The molecule has 0 aromatic rings. The van der Waals surface area contributed by atoms with Gasteiger partial charge in [0.15, 0.2) is 0 Å². The van der Waals surface area contributed by atoms with Crippen LogP contribution in [0.3, 0.4) is 0 Å². The Hall–Kier alpha value is -0.0800. The van der Waals surface area contributed by atoms with E-state index < -0.39 is 0 Å². The van der Waals surface area contributed by atoms with Gasteiger partial charge in [-0.3, -0.25) is 0 Å². The van der Waals surface area contributed by atoms with E-state index in [0.29, 0.717) is 23.1 Å². The van der Waals surface area contributed by atoms with E-state index in [9.17, 15) is 0 Å². The molecule has 3 fully saturated rings. The van der Waals surface area contributed by atoms with Crippen molar-refractivity contribution in [3.05, 3.63) is 0 Å². The van der Waals surface area contributed by atoms with E-state index in [1.165, 1.54) is 44.9 Å². The normalized spacial score (nSPS) is 39.2. The highest BCUT2D eigenvalue weighted by Gasteiger charge is 2.47. The van der Waals surface area contributed by atoms with Crippen LogP contribution >= 0.6 is 0 Å². The Morgan fingerprint density at radius 3 is 2.56 bits per heavy atom. The van der Waals surface area contributed by atoms with Gasteiger partial charge in [0.1, 0.15) is 0 Å². The summed E-state index contributed by atoms with van der Waals surface area (Å²) >= 11 is 0. The zero-order valence-corrected chi connectivity index (χ0v) is 12.3. The molecule has 0 aromatic heterocycles. The van der Waals surface area contributed by atoms with Crippen molar-refractivity contribution in [3.63, 3.8) is 0 Å². The Morgan fingerprint density at radius 1 is 1.17 bits per heavy atom. The quantitative estimate of drug-likeness (QED) is 0.770. The maximum Gasteiger partial charge on any atom is 0.0627 e. The molecule has 2 saturated heterocycles. The summed E-state index contributed by atoms with van der Waals surface area (Å²) in [5.41, 5.74) is 0.892. The molecule has 2 nitrogen and oxygen atoms in total. The lowest BCUT2D eigenvalue weighted by Crippen LogP contribution is -2.56. The van der Waals surface area contributed by atoms with Crippen molar-refractivity contribution >= 4 is 0 Å². The zero-order valence-electron chi connectivity index (χ0n) is 12.3. The monoisotopic (exact) mass is 251 g/mol. The van der Waals surface area contributed by atoms with Gasteiger partial charge in [-0.25, -0.2) is 0 Å². The molecule has 3 aliphatic rings. The van der Waals surface area contributed by atoms with Crippen molar-refractivity contribution in [2.24, 2.45) is 11.3 Å². The largest absolute Gasteiger partial charge is 0.376 e. The van der Waals surface area contributed by atoms with Crippen LogP contribution in [0.25, 0.3) is 0 Å². The average molecular weight is 251 g/mol. The summed E-state index contributed by atoms with van der Waals surface area (Å²) < 4.78 is 6.12. The minimum atomic E-state index is 0.391. The van der Waals surface area contributed by atoms with Gasteiger partial charge in [-0.05, 0) is 37.5 Å². The highest BCUT2D eigenvalue weighted by atomic mass is 16.5. The van der Waals surface area contributed by atoms with Crippen molar-refractivity contribution in [2.45, 2.75) is 83.4 Å². The van der Waals surface area contributed by atoms with Crippen molar-refractivity contribution in [1.29, 1.82) is 0 Å². The van der Waals surface area contributed by atoms with Gasteiger partial charge in [-0.1, -0.05) is 33.6 Å². The van der Waals surface area contributed by atoms with E-state index in [1.807, 2.05) is 0 Å². The second-order valence-electron chi connectivity index (χ2n) is 8.08. The molecule has 3 rings (SSSR count). The number of fused-ring (bicyclic) bond motifs is 1. The topological polar surface area (TPSA) is 21.3 Å². The molecule has 0 aromatic carbocycles. The highest BCUT2D eigenvalue weighted by Crippen LogP contribution is 2.44. The molecule has 2 aliphatic heterocycles. The van der Waals surface area contributed by atoms with Crippen molar-refractivity contribution in [1.82, 2.24) is 5.32 Å². The number of ether oxygens (including phenoxy) is 1. The minimum absolute atomic E-state index is 0.391. The predicted octanol–water partition coefficient (Wildman–Crippen LogP) is 3.50. The van der Waals surface area contributed by atoms with Gasteiger partial charge < -0.3 is 10.1 Å². The van der Waals surface area contributed by atoms with E-state index in [2.05, 4.69) is 26.1 Å². The lowest BCUT2D eigenvalue weighted by atomic mass is 9.75. The van der Waals surface area contributed by atoms with E-state index in [-0.39, 0.29) is 0 Å². The molecule has 18 heavy (non-hydrogen) atoms. The minimum Gasteiger partial charge on any atom is -0.376 e. The standard InChI is InChI=1S/C16H29NO/c1-15(2,3)10-14-12-6-9-16(7-4-5-8-16)17-13(12)11-18-14/h12-14,17H,4-11H2,1-3H3. The first-order valence-electron chi connectivity index (χ1n) is 7.87. The maximum absolute atomic E-state index is 6.12. The molecule has 2 heteroatoms. The smallest absolute Gasteiger partial charge is 0.0627 e. The number of piperidine rings is 1. The zero-order chi connectivity index (χ0) is 12.8. The molecule has 1 saturated carbocycles. The van der Waals surface area contributed by atoms with Crippen molar-refractivity contribution in [3.8, 4) is 0 Å². The number of hydrogen-bond acceptors (Lipinski definition) is 2. The summed E-state index contributed by atoms with van der Waals surface area (Å²) in [7, 11) is 0. The molecular formula is C16H29NO. The van der Waals surface area contributed by atoms with Gasteiger partial charge in [-0.15, -0.1) is 0 Å². The first-order chi connectivity index (χ1) is 8.48. The van der Waals surface area contributed by atoms with Crippen LogP contribution in [0.5, 0.6) is 0 Å². The number of nitrogens with one attached hydrogen (secondary N) is 1. The van der Waals surface area contributed by atoms with E-state index in [4.69, 9.17) is 4.74 Å². The Morgan fingerprint density at radius 2 is 1.89 bits per heavy atom. The van der Waals surface area contributed by atoms with Crippen LogP contribution in [0, 0.1) is 11.3 Å². The number of rotatable bonds is 1. The molecule has 1 aliphatic carbocycles. The fraction of sp³-hybridized carbons (Fsp3) is 1.00. The summed E-state index contributed by atoms with van der Waals surface area (Å²) in [5, 5.41) is 3.98. The van der Waals surface area contributed by atoms with Crippen LogP contribution in [-0.2, 0) is 4.74 Å². The maximum atomic E-state index is 6.12. The average Bonchev–Trinajstić information content (AvgIpc) is 2.85. The van der Waals surface area contributed by atoms with Crippen LogP contribution in [-0.4, -0.2) is 24.3 Å². The molecule has 1 spiro atoms. The Bertz CT molecular complexity index is 301. The van der Waals surface area contributed by atoms with Gasteiger partial charge in [0.05, 0.1) is 12.7 Å². The lowest BCUT2D eigenvalue weighted by molar-refractivity contribution is 0.0517. The Balaban J connectivity index is 1.64. The fourth-order valence-corrected chi connectivity index (χ4v) is 4.44.